The van der Waals surface area contributed by atoms with Crippen LogP contribution in [0.15, 0.2) is 30.5 Å². The molecule has 2 aromatic rings. The van der Waals surface area contributed by atoms with Crippen molar-refractivity contribution in [2.45, 2.75) is 32.0 Å². The summed E-state index contributed by atoms with van der Waals surface area (Å²) in [6, 6.07) is 7.10. The number of halogens is 3. The number of hydrogen-bond donors (Lipinski definition) is 1. The molecule has 9 heteroatoms. The van der Waals surface area contributed by atoms with Gasteiger partial charge in [0.15, 0.2) is 5.69 Å². The Balaban J connectivity index is 1.62. The molecule has 1 fully saturated rings. The zero-order chi connectivity index (χ0) is 20.5. The van der Waals surface area contributed by atoms with Crippen molar-refractivity contribution in [3.63, 3.8) is 0 Å². The van der Waals surface area contributed by atoms with Gasteiger partial charge < -0.3 is 10.2 Å². The topological polar surface area (TPSA) is 67.2 Å². The quantitative estimate of drug-likeness (QED) is 0.871. The van der Waals surface area contributed by atoms with E-state index >= 15 is 0 Å². The van der Waals surface area contributed by atoms with Gasteiger partial charge in [0.25, 0.3) is 11.8 Å². The van der Waals surface area contributed by atoms with Gasteiger partial charge in [-0.25, -0.2) is 0 Å². The molecule has 1 aliphatic rings. The lowest BCUT2D eigenvalue weighted by molar-refractivity contribution is -0.141. The Bertz CT molecular complexity index is 884. The fourth-order valence-electron chi connectivity index (χ4n) is 3.34. The van der Waals surface area contributed by atoms with E-state index in [4.69, 9.17) is 0 Å². The number of benzene rings is 1. The summed E-state index contributed by atoms with van der Waals surface area (Å²) in [4.78, 5) is 26.3. The first-order valence-corrected chi connectivity index (χ1v) is 8.93. The van der Waals surface area contributed by atoms with Crippen molar-refractivity contribution < 1.29 is 22.8 Å². The molecule has 150 valence electrons. The molecule has 0 bridgehead atoms. The van der Waals surface area contributed by atoms with Gasteiger partial charge in [-0.1, -0.05) is 18.2 Å². The maximum absolute atomic E-state index is 13.1. The number of alkyl halides is 3. The van der Waals surface area contributed by atoms with E-state index in [0.29, 0.717) is 18.4 Å². The number of likely N-dealkylation sites (tertiary alicyclic amines) is 1. The first-order chi connectivity index (χ1) is 13.2. The highest BCUT2D eigenvalue weighted by Gasteiger charge is 2.40. The van der Waals surface area contributed by atoms with Crippen LogP contribution in [0.3, 0.4) is 0 Å². The van der Waals surface area contributed by atoms with E-state index < -0.39 is 23.3 Å². The van der Waals surface area contributed by atoms with Gasteiger partial charge in [-0.05, 0) is 31.4 Å². The molecule has 1 N–H and O–H groups in total. The molecule has 2 heterocycles. The maximum atomic E-state index is 13.1. The molecular formula is C19H21F3N4O2. The van der Waals surface area contributed by atoms with E-state index in [2.05, 4.69) is 10.4 Å². The molecule has 0 saturated carbocycles. The largest absolute Gasteiger partial charge is 0.435 e. The lowest BCUT2D eigenvalue weighted by Crippen LogP contribution is -2.46. The van der Waals surface area contributed by atoms with Gasteiger partial charge in [0.1, 0.15) is 0 Å². The van der Waals surface area contributed by atoms with Crippen LogP contribution in [0, 0.1) is 6.92 Å². The average Bonchev–Trinajstić information content (AvgIpc) is 3.04. The second-order valence-electron chi connectivity index (χ2n) is 6.92. The standard InChI is InChI=1S/C19H21F3N4O2/c1-12-5-3-4-6-14(12)17(27)23-13-7-9-26(10-8-13)18(28)15-11-25(2)24-16(15)19(20,21)22/h3-6,11,13H,7-10H2,1-2H3,(H,23,27). The molecule has 0 spiro atoms. The Morgan fingerprint density at radius 1 is 1.14 bits per heavy atom. The number of piperidine rings is 1. The second-order valence-corrected chi connectivity index (χ2v) is 6.92. The minimum absolute atomic E-state index is 0.132. The van der Waals surface area contributed by atoms with Crippen LogP contribution in [0.25, 0.3) is 0 Å². The Morgan fingerprint density at radius 3 is 2.39 bits per heavy atom. The molecule has 6 nitrogen and oxygen atoms in total. The molecule has 0 unspecified atom stereocenters. The van der Waals surface area contributed by atoms with Crippen molar-refractivity contribution in [3.8, 4) is 0 Å². The van der Waals surface area contributed by atoms with E-state index in [9.17, 15) is 22.8 Å². The van der Waals surface area contributed by atoms with Crippen LogP contribution >= 0.6 is 0 Å². The normalized spacial score (nSPS) is 15.5. The highest BCUT2D eigenvalue weighted by Crippen LogP contribution is 2.31. The van der Waals surface area contributed by atoms with Crippen LogP contribution in [0.4, 0.5) is 13.2 Å². The SMILES string of the molecule is Cc1ccccc1C(=O)NC1CCN(C(=O)c2cn(C)nc2C(F)(F)F)CC1. The van der Waals surface area contributed by atoms with Gasteiger partial charge in [0, 0.05) is 37.9 Å². The number of rotatable bonds is 3. The molecule has 1 aliphatic heterocycles. The summed E-state index contributed by atoms with van der Waals surface area (Å²) in [5, 5.41) is 6.32. The number of carbonyl (C=O) groups excluding carboxylic acids is 2. The minimum Gasteiger partial charge on any atom is -0.349 e. The van der Waals surface area contributed by atoms with E-state index in [1.54, 1.807) is 12.1 Å². The fourth-order valence-corrected chi connectivity index (χ4v) is 3.34. The van der Waals surface area contributed by atoms with Gasteiger partial charge in [0.05, 0.1) is 5.56 Å². The molecule has 0 aliphatic carbocycles. The molecule has 28 heavy (non-hydrogen) atoms. The molecule has 1 aromatic heterocycles. The van der Waals surface area contributed by atoms with Gasteiger partial charge in [-0.15, -0.1) is 0 Å². The monoisotopic (exact) mass is 394 g/mol. The third-order valence-corrected chi connectivity index (χ3v) is 4.83. The summed E-state index contributed by atoms with van der Waals surface area (Å²) < 4.78 is 40.3. The zero-order valence-corrected chi connectivity index (χ0v) is 15.6. The van der Waals surface area contributed by atoms with E-state index in [-0.39, 0.29) is 25.0 Å². The predicted octanol–water partition coefficient (Wildman–Crippen LogP) is 2.78. The Labute approximate surface area is 160 Å². The van der Waals surface area contributed by atoms with Gasteiger partial charge in [-0.2, -0.15) is 18.3 Å². The van der Waals surface area contributed by atoms with Crippen LogP contribution in [0.2, 0.25) is 0 Å². The van der Waals surface area contributed by atoms with E-state index in [1.807, 2.05) is 19.1 Å². The van der Waals surface area contributed by atoms with Crippen molar-refractivity contribution in [2.24, 2.45) is 7.05 Å². The highest BCUT2D eigenvalue weighted by atomic mass is 19.4. The summed E-state index contributed by atoms with van der Waals surface area (Å²) in [7, 11) is 1.35. The molecule has 0 atom stereocenters. The molecular weight excluding hydrogens is 373 g/mol. The Hall–Kier alpha value is -2.84. The van der Waals surface area contributed by atoms with Crippen LogP contribution in [0.1, 0.15) is 44.8 Å². The predicted molar refractivity (Wildman–Crippen MR) is 95.8 cm³/mol. The van der Waals surface area contributed by atoms with Crippen LogP contribution in [-0.4, -0.2) is 45.6 Å². The Kier molecular flexibility index (Phi) is 5.44. The van der Waals surface area contributed by atoms with Gasteiger partial charge in [0.2, 0.25) is 0 Å². The van der Waals surface area contributed by atoms with Crippen molar-refractivity contribution in [3.05, 3.63) is 52.8 Å². The summed E-state index contributed by atoms with van der Waals surface area (Å²) in [5.41, 5.74) is -0.164. The maximum Gasteiger partial charge on any atom is 0.435 e. The fraction of sp³-hybridized carbons (Fsp3) is 0.421. The minimum atomic E-state index is -4.69. The summed E-state index contributed by atoms with van der Waals surface area (Å²) in [6.07, 6.45) is -2.64. The summed E-state index contributed by atoms with van der Waals surface area (Å²) in [6.45, 7) is 2.38. The molecule has 3 rings (SSSR count). The van der Waals surface area contributed by atoms with Crippen LogP contribution in [0.5, 0.6) is 0 Å². The zero-order valence-electron chi connectivity index (χ0n) is 15.6. The number of amides is 2. The number of aromatic nitrogens is 2. The molecule has 0 radical (unpaired) electrons. The smallest absolute Gasteiger partial charge is 0.349 e. The highest BCUT2D eigenvalue weighted by molar-refractivity contribution is 5.96. The van der Waals surface area contributed by atoms with Crippen LogP contribution < -0.4 is 5.32 Å². The third-order valence-electron chi connectivity index (χ3n) is 4.83. The molecule has 1 saturated heterocycles. The molecule has 2 amide bonds. The lowest BCUT2D eigenvalue weighted by Gasteiger charge is -2.32. The first kappa shape index (κ1) is 19.9. The number of nitrogens with one attached hydrogen (secondary N) is 1. The Morgan fingerprint density at radius 2 is 1.79 bits per heavy atom. The van der Waals surface area contributed by atoms with E-state index in [0.717, 1.165) is 16.4 Å². The van der Waals surface area contributed by atoms with Gasteiger partial charge in [-0.3, -0.25) is 14.3 Å². The third kappa shape index (κ3) is 4.18. The lowest BCUT2D eigenvalue weighted by atomic mass is 10.0. The van der Waals surface area contributed by atoms with Crippen molar-refractivity contribution in [1.82, 2.24) is 20.0 Å². The number of nitrogens with zero attached hydrogens (tertiary/aromatic N) is 3. The van der Waals surface area contributed by atoms with Crippen molar-refractivity contribution >= 4 is 11.8 Å². The number of carbonyl (C=O) groups is 2. The summed E-state index contributed by atoms with van der Waals surface area (Å²) in [5.74, 6) is -0.876. The van der Waals surface area contributed by atoms with Crippen LogP contribution in [-0.2, 0) is 13.2 Å². The van der Waals surface area contributed by atoms with Gasteiger partial charge >= 0.3 is 6.18 Å². The molecule has 1 aromatic carbocycles. The van der Waals surface area contributed by atoms with E-state index in [1.165, 1.54) is 11.9 Å². The number of hydrogen-bond acceptors (Lipinski definition) is 3. The summed E-state index contributed by atoms with van der Waals surface area (Å²) >= 11 is 0. The average molecular weight is 394 g/mol. The second kappa shape index (κ2) is 7.65. The number of aryl methyl sites for hydroxylation is 2. The van der Waals surface area contributed by atoms with Crippen molar-refractivity contribution in [1.29, 1.82) is 0 Å². The first-order valence-electron chi connectivity index (χ1n) is 8.93. The van der Waals surface area contributed by atoms with Crippen molar-refractivity contribution in [2.75, 3.05) is 13.1 Å².